The second-order valence-corrected chi connectivity index (χ2v) is 10.2. The van der Waals surface area contributed by atoms with Crippen molar-refractivity contribution in [3.63, 3.8) is 0 Å². The van der Waals surface area contributed by atoms with E-state index < -0.39 is 0 Å². The van der Waals surface area contributed by atoms with Crippen molar-refractivity contribution in [2.45, 2.75) is 38.3 Å². The number of nitrogens with two attached hydrogens (primary N) is 2. The summed E-state index contributed by atoms with van der Waals surface area (Å²) < 4.78 is 20.3. The van der Waals surface area contributed by atoms with Crippen LogP contribution in [0.5, 0.6) is 0 Å². The van der Waals surface area contributed by atoms with E-state index in [2.05, 4.69) is 15.3 Å². The number of nitrogens with one attached hydrogen (secondary N) is 1. The first-order chi connectivity index (χ1) is 16.3. The summed E-state index contributed by atoms with van der Waals surface area (Å²) in [6.07, 6.45) is 1.92. The van der Waals surface area contributed by atoms with Crippen molar-refractivity contribution in [1.29, 1.82) is 0 Å². The molecule has 1 aliphatic carbocycles. The average Bonchev–Trinajstić information content (AvgIpc) is 3.32. The minimum atomic E-state index is -0.355. The fourth-order valence-electron chi connectivity index (χ4n) is 4.94. The molecule has 0 radical (unpaired) electrons. The second-order valence-electron chi connectivity index (χ2n) is 9.25. The van der Waals surface area contributed by atoms with Crippen LogP contribution in [0.1, 0.15) is 33.0 Å². The number of anilines is 2. The minimum absolute atomic E-state index is 0.0720. The average molecular weight is 485 g/mol. The van der Waals surface area contributed by atoms with Crippen LogP contribution in [-0.4, -0.2) is 54.8 Å². The number of carbonyl (C=O) groups excluding carboxylic acids is 1. The number of hydrogen-bond donors (Lipinski definition) is 3. The number of ether oxygens (including phenoxy) is 1. The molecule has 0 spiro atoms. The molecule has 0 bridgehead atoms. The zero-order valence-corrected chi connectivity index (χ0v) is 20.1. The van der Waals surface area contributed by atoms with Crippen molar-refractivity contribution in [3.8, 4) is 0 Å². The number of carbonyl (C=O) groups is 1. The summed E-state index contributed by atoms with van der Waals surface area (Å²) in [5, 5.41) is 3.87. The van der Waals surface area contributed by atoms with Gasteiger partial charge in [0, 0.05) is 55.0 Å². The maximum atomic E-state index is 15.0. The number of fused-ring (bicyclic) bond motifs is 2. The lowest BCUT2D eigenvalue weighted by Gasteiger charge is -2.27. The second kappa shape index (κ2) is 9.09. The summed E-state index contributed by atoms with van der Waals surface area (Å²) in [6, 6.07) is 5.16. The number of pyridine rings is 2. The SMILES string of the molecule is COC[C@@H]1CN(c2nc3c(cc2F)C[C@@H](NC(=O)c2sc4nc(C)ccc4c2N)CC3)C[C@@H]1N. The molecule has 0 saturated carbocycles. The van der Waals surface area contributed by atoms with Gasteiger partial charge in [0.15, 0.2) is 11.6 Å². The number of nitrogens with zero attached hydrogens (tertiary/aromatic N) is 3. The molecule has 4 heterocycles. The van der Waals surface area contributed by atoms with Gasteiger partial charge in [0.25, 0.3) is 5.91 Å². The summed E-state index contributed by atoms with van der Waals surface area (Å²) in [5.74, 6) is -0.0588. The predicted octanol–water partition coefficient (Wildman–Crippen LogP) is 2.42. The van der Waals surface area contributed by atoms with Crippen molar-refractivity contribution < 1.29 is 13.9 Å². The molecule has 1 fully saturated rings. The van der Waals surface area contributed by atoms with E-state index in [1.54, 1.807) is 13.2 Å². The van der Waals surface area contributed by atoms with Gasteiger partial charge in [-0.1, -0.05) is 0 Å². The van der Waals surface area contributed by atoms with Crippen molar-refractivity contribution in [1.82, 2.24) is 15.3 Å². The van der Waals surface area contributed by atoms with E-state index in [-0.39, 0.29) is 29.7 Å². The van der Waals surface area contributed by atoms with Crippen molar-refractivity contribution >= 4 is 39.0 Å². The fourth-order valence-corrected chi connectivity index (χ4v) is 5.98. The molecule has 2 aliphatic rings. The molecule has 3 atom stereocenters. The van der Waals surface area contributed by atoms with Crippen LogP contribution in [0.15, 0.2) is 18.2 Å². The van der Waals surface area contributed by atoms with E-state index in [4.69, 9.17) is 16.2 Å². The third-order valence-corrected chi connectivity index (χ3v) is 7.88. The molecule has 0 aromatic carbocycles. The molecule has 8 nitrogen and oxygen atoms in total. The van der Waals surface area contributed by atoms with Crippen LogP contribution >= 0.6 is 11.3 Å². The molecule has 34 heavy (non-hydrogen) atoms. The molecule has 5 rings (SSSR count). The van der Waals surface area contributed by atoms with Gasteiger partial charge in [-0.05, 0) is 49.9 Å². The summed E-state index contributed by atoms with van der Waals surface area (Å²) >= 11 is 1.30. The number of aryl methyl sites for hydroxylation is 2. The topological polar surface area (TPSA) is 119 Å². The van der Waals surface area contributed by atoms with E-state index in [1.165, 1.54) is 11.3 Å². The first-order valence-electron chi connectivity index (χ1n) is 11.5. The minimum Gasteiger partial charge on any atom is -0.397 e. The number of rotatable bonds is 5. The van der Waals surface area contributed by atoms with Gasteiger partial charge in [0.05, 0.1) is 12.3 Å². The number of amides is 1. The summed E-state index contributed by atoms with van der Waals surface area (Å²) in [7, 11) is 1.65. The molecule has 3 aromatic heterocycles. The molecule has 0 unspecified atom stereocenters. The van der Waals surface area contributed by atoms with Crippen LogP contribution in [0, 0.1) is 18.7 Å². The Kier molecular flexibility index (Phi) is 6.13. The van der Waals surface area contributed by atoms with Crippen LogP contribution in [0.3, 0.4) is 0 Å². The maximum Gasteiger partial charge on any atom is 0.263 e. The standard InChI is InChI=1S/C24H29FN6O2S/c1-12-3-5-16-20(27)21(34-24(16)28-12)23(32)29-15-4-6-19-13(7-15)8-17(25)22(30-19)31-9-14(11-33-2)18(26)10-31/h3,5,8,14-15,18H,4,6-7,9-11,26-27H2,1-2H3,(H,29,32)/t14-,15-,18-/m0/s1. The molecule has 10 heteroatoms. The van der Waals surface area contributed by atoms with Gasteiger partial charge in [-0.25, -0.2) is 14.4 Å². The molecular formula is C24H29FN6O2S. The summed E-state index contributed by atoms with van der Waals surface area (Å²) in [6.45, 7) is 3.64. The van der Waals surface area contributed by atoms with E-state index >= 15 is 4.39 Å². The Morgan fingerprint density at radius 1 is 1.35 bits per heavy atom. The van der Waals surface area contributed by atoms with Crippen molar-refractivity contribution in [3.05, 3.63) is 45.8 Å². The molecule has 1 saturated heterocycles. The molecular weight excluding hydrogens is 455 g/mol. The van der Waals surface area contributed by atoms with Gasteiger partial charge in [0.2, 0.25) is 0 Å². The van der Waals surface area contributed by atoms with Crippen molar-refractivity contribution in [2.24, 2.45) is 11.7 Å². The van der Waals surface area contributed by atoms with Gasteiger partial charge >= 0.3 is 0 Å². The number of aromatic nitrogens is 2. The highest BCUT2D eigenvalue weighted by Gasteiger charge is 2.33. The normalized spacial score (nSPS) is 22.2. The zero-order valence-electron chi connectivity index (χ0n) is 19.3. The van der Waals surface area contributed by atoms with E-state index in [9.17, 15) is 4.79 Å². The largest absolute Gasteiger partial charge is 0.397 e. The summed E-state index contributed by atoms with van der Waals surface area (Å²) in [4.78, 5) is 25.3. The number of thiophene rings is 1. The third-order valence-electron chi connectivity index (χ3n) is 6.77. The Balaban J connectivity index is 1.30. The number of hydrogen-bond acceptors (Lipinski definition) is 8. The van der Waals surface area contributed by atoms with Gasteiger partial charge in [-0.2, -0.15) is 0 Å². The lowest BCUT2D eigenvalue weighted by atomic mass is 9.91. The van der Waals surface area contributed by atoms with Crippen LogP contribution < -0.4 is 21.7 Å². The Labute approximate surface area is 201 Å². The zero-order chi connectivity index (χ0) is 24.0. The van der Waals surface area contributed by atoms with Crippen LogP contribution in [0.4, 0.5) is 15.9 Å². The van der Waals surface area contributed by atoms with Gasteiger partial charge in [-0.15, -0.1) is 11.3 Å². The highest BCUT2D eigenvalue weighted by atomic mass is 32.1. The summed E-state index contributed by atoms with van der Waals surface area (Å²) in [5.41, 5.74) is 15.5. The quantitative estimate of drug-likeness (QED) is 0.509. The molecule has 3 aromatic rings. The Morgan fingerprint density at radius 3 is 2.97 bits per heavy atom. The lowest BCUT2D eigenvalue weighted by molar-refractivity contribution is 0.0938. The lowest BCUT2D eigenvalue weighted by Crippen LogP contribution is -2.39. The Hall–Kier alpha value is -2.82. The van der Waals surface area contributed by atoms with E-state index in [1.807, 2.05) is 24.0 Å². The highest BCUT2D eigenvalue weighted by Crippen LogP contribution is 2.33. The Morgan fingerprint density at radius 2 is 2.18 bits per heavy atom. The Bertz CT molecular complexity index is 1250. The predicted molar refractivity (Wildman–Crippen MR) is 132 cm³/mol. The maximum absolute atomic E-state index is 15.0. The van der Waals surface area contributed by atoms with Crippen molar-refractivity contribution in [2.75, 3.05) is 37.4 Å². The van der Waals surface area contributed by atoms with Crippen LogP contribution in [0.2, 0.25) is 0 Å². The first-order valence-corrected chi connectivity index (χ1v) is 12.3. The number of methoxy groups -OCH3 is 1. The monoisotopic (exact) mass is 484 g/mol. The number of halogens is 1. The smallest absolute Gasteiger partial charge is 0.263 e. The van der Waals surface area contributed by atoms with Crippen LogP contribution in [0.25, 0.3) is 10.2 Å². The van der Waals surface area contributed by atoms with E-state index in [0.29, 0.717) is 48.9 Å². The van der Waals surface area contributed by atoms with Crippen LogP contribution in [-0.2, 0) is 17.6 Å². The van der Waals surface area contributed by atoms with Gasteiger partial charge in [-0.3, -0.25) is 4.79 Å². The molecule has 180 valence electrons. The molecule has 5 N–H and O–H groups in total. The number of nitrogen functional groups attached to an aromatic ring is 1. The van der Waals surface area contributed by atoms with Gasteiger partial charge < -0.3 is 26.4 Å². The fraction of sp³-hybridized carbons (Fsp3) is 0.458. The van der Waals surface area contributed by atoms with Gasteiger partial charge in [0.1, 0.15) is 9.71 Å². The molecule has 1 amide bonds. The highest BCUT2D eigenvalue weighted by molar-refractivity contribution is 7.21. The third kappa shape index (κ3) is 4.21. The first kappa shape index (κ1) is 22.9. The molecule has 1 aliphatic heterocycles. The van der Waals surface area contributed by atoms with E-state index in [0.717, 1.165) is 33.6 Å².